The SMILES string of the molecule is COc1ccc([B-](F)(F)F)c(OC)c1C.[K+]. The summed E-state index contributed by atoms with van der Waals surface area (Å²) in [5.41, 5.74) is -0.368. The normalized spacial score (nSPS) is 10.6. The molecule has 0 heterocycles. The summed E-state index contributed by atoms with van der Waals surface area (Å²) in [6, 6.07) is 2.27. The molecule has 0 N–H and O–H groups in total. The van der Waals surface area contributed by atoms with Crippen LogP contribution in [0, 0.1) is 6.92 Å². The molecular formula is C9H11BF3KO2. The van der Waals surface area contributed by atoms with Crippen LogP contribution in [0.25, 0.3) is 0 Å². The molecule has 0 unspecified atom stereocenters. The van der Waals surface area contributed by atoms with Gasteiger partial charge in [-0.05, 0) is 13.0 Å². The van der Waals surface area contributed by atoms with Gasteiger partial charge in [-0.1, -0.05) is 11.5 Å². The smallest absolute Gasteiger partial charge is 0.499 e. The van der Waals surface area contributed by atoms with Crippen LogP contribution in [0.1, 0.15) is 5.56 Å². The monoisotopic (exact) mass is 258 g/mol. The van der Waals surface area contributed by atoms with E-state index in [2.05, 4.69) is 0 Å². The first kappa shape index (κ1) is 16.3. The van der Waals surface area contributed by atoms with Crippen LogP contribution in [-0.2, 0) is 0 Å². The van der Waals surface area contributed by atoms with Crippen molar-refractivity contribution in [3.8, 4) is 11.5 Å². The van der Waals surface area contributed by atoms with Crippen molar-refractivity contribution in [3.05, 3.63) is 17.7 Å². The summed E-state index contributed by atoms with van der Waals surface area (Å²) < 4.78 is 47.5. The van der Waals surface area contributed by atoms with Crippen molar-refractivity contribution in [1.29, 1.82) is 0 Å². The summed E-state index contributed by atoms with van der Waals surface area (Å²) >= 11 is 0. The van der Waals surface area contributed by atoms with Gasteiger partial charge < -0.3 is 22.4 Å². The number of rotatable bonds is 3. The number of halogens is 3. The summed E-state index contributed by atoms with van der Waals surface area (Å²) in [6.07, 6.45) is 0. The second-order valence-corrected chi connectivity index (χ2v) is 3.09. The van der Waals surface area contributed by atoms with Crippen molar-refractivity contribution in [2.45, 2.75) is 6.92 Å². The number of benzene rings is 1. The molecule has 0 aliphatic rings. The van der Waals surface area contributed by atoms with E-state index in [4.69, 9.17) is 9.47 Å². The zero-order chi connectivity index (χ0) is 11.6. The van der Waals surface area contributed by atoms with E-state index in [9.17, 15) is 12.9 Å². The maximum absolute atomic E-state index is 12.6. The molecule has 0 aromatic heterocycles. The van der Waals surface area contributed by atoms with E-state index in [0.29, 0.717) is 11.3 Å². The fraction of sp³-hybridized carbons (Fsp3) is 0.333. The van der Waals surface area contributed by atoms with Gasteiger partial charge in [-0.3, -0.25) is 0 Å². The van der Waals surface area contributed by atoms with E-state index >= 15 is 0 Å². The Morgan fingerprint density at radius 1 is 1.06 bits per heavy atom. The van der Waals surface area contributed by atoms with Gasteiger partial charge in [0.15, 0.2) is 0 Å². The van der Waals surface area contributed by atoms with Gasteiger partial charge in [0.05, 0.1) is 20.0 Å². The summed E-state index contributed by atoms with van der Waals surface area (Å²) in [6.45, 7) is -3.53. The van der Waals surface area contributed by atoms with E-state index in [0.717, 1.165) is 6.07 Å². The largest absolute Gasteiger partial charge is 1.00 e. The van der Waals surface area contributed by atoms with E-state index in [1.165, 1.54) is 27.2 Å². The van der Waals surface area contributed by atoms with E-state index in [1.807, 2.05) is 0 Å². The molecule has 0 bridgehead atoms. The van der Waals surface area contributed by atoms with Crippen LogP contribution in [0.2, 0.25) is 0 Å². The van der Waals surface area contributed by atoms with Crippen LogP contribution in [0.3, 0.4) is 0 Å². The van der Waals surface area contributed by atoms with Crippen LogP contribution in [0.15, 0.2) is 12.1 Å². The molecule has 0 spiro atoms. The van der Waals surface area contributed by atoms with Gasteiger partial charge >= 0.3 is 58.4 Å². The summed E-state index contributed by atoms with van der Waals surface area (Å²) in [7, 11) is 2.62. The molecule has 16 heavy (non-hydrogen) atoms. The molecule has 84 valence electrons. The quantitative estimate of drug-likeness (QED) is 0.652. The molecule has 0 radical (unpaired) electrons. The van der Waals surface area contributed by atoms with E-state index in [-0.39, 0.29) is 57.1 Å². The molecule has 1 aromatic carbocycles. The van der Waals surface area contributed by atoms with Crippen LogP contribution in [0.5, 0.6) is 11.5 Å². The first-order valence-corrected chi connectivity index (χ1v) is 4.33. The Morgan fingerprint density at radius 2 is 1.62 bits per heavy atom. The minimum Gasteiger partial charge on any atom is -0.499 e. The third kappa shape index (κ3) is 3.40. The molecule has 0 amide bonds. The molecule has 7 heteroatoms. The molecule has 2 nitrogen and oxygen atoms in total. The maximum atomic E-state index is 12.6. The second-order valence-electron chi connectivity index (χ2n) is 3.09. The van der Waals surface area contributed by atoms with Crippen LogP contribution >= 0.6 is 0 Å². The van der Waals surface area contributed by atoms with Gasteiger partial charge in [-0.2, -0.15) is 0 Å². The van der Waals surface area contributed by atoms with Crippen LogP contribution in [-0.4, -0.2) is 21.2 Å². The first-order chi connectivity index (χ1) is 6.91. The van der Waals surface area contributed by atoms with Crippen LogP contribution in [0.4, 0.5) is 12.9 Å². The van der Waals surface area contributed by atoms with Gasteiger partial charge in [0, 0.05) is 5.56 Å². The maximum Gasteiger partial charge on any atom is 1.00 e. The topological polar surface area (TPSA) is 18.5 Å². The number of hydrogen-bond acceptors (Lipinski definition) is 2. The van der Waals surface area contributed by atoms with E-state index in [1.54, 1.807) is 0 Å². The second kappa shape index (κ2) is 6.30. The number of ether oxygens (including phenoxy) is 2. The Kier molecular flexibility index (Phi) is 6.42. The van der Waals surface area contributed by atoms with Gasteiger partial charge in [0.25, 0.3) is 0 Å². The third-order valence-corrected chi connectivity index (χ3v) is 2.16. The molecular weight excluding hydrogens is 247 g/mol. The standard InChI is InChI=1S/C9H11BF3O2.K/c1-6-8(14-2)5-4-7(9(6)15-3)10(11,12)13;/h4-5H,1-3H3;/q-1;+1. The Bertz CT molecular complexity index is 369. The Balaban J connectivity index is 0.00000225. The molecule has 0 saturated heterocycles. The van der Waals surface area contributed by atoms with Gasteiger partial charge in [-0.25, -0.2) is 0 Å². The predicted octanol–water partition coefficient (Wildman–Crippen LogP) is -0.929. The van der Waals surface area contributed by atoms with Crippen molar-refractivity contribution in [3.63, 3.8) is 0 Å². The molecule has 0 aliphatic carbocycles. The number of methoxy groups -OCH3 is 2. The molecule has 0 aliphatic heterocycles. The zero-order valence-corrected chi connectivity index (χ0v) is 12.8. The molecule has 0 atom stereocenters. The van der Waals surface area contributed by atoms with Crippen molar-refractivity contribution in [1.82, 2.24) is 0 Å². The average Bonchev–Trinajstić information content (AvgIpc) is 2.15. The van der Waals surface area contributed by atoms with Crippen molar-refractivity contribution < 1.29 is 73.8 Å². The Hall–Kier alpha value is 0.311. The molecule has 1 rings (SSSR count). The Morgan fingerprint density at radius 3 is 2.00 bits per heavy atom. The Labute approximate surface area is 135 Å². The third-order valence-electron chi connectivity index (χ3n) is 2.16. The predicted molar refractivity (Wildman–Crippen MR) is 53.0 cm³/mol. The van der Waals surface area contributed by atoms with E-state index < -0.39 is 12.4 Å². The van der Waals surface area contributed by atoms with Crippen molar-refractivity contribution in [2.75, 3.05) is 14.2 Å². The fourth-order valence-electron chi connectivity index (χ4n) is 1.44. The van der Waals surface area contributed by atoms with Crippen LogP contribution < -0.4 is 66.3 Å². The molecule has 1 aromatic rings. The summed E-state index contributed by atoms with van der Waals surface area (Å²) in [4.78, 5) is 0. The van der Waals surface area contributed by atoms with Gasteiger partial charge in [0.2, 0.25) is 0 Å². The van der Waals surface area contributed by atoms with Gasteiger partial charge in [-0.15, -0.1) is 0 Å². The number of hydrogen-bond donors (Lipinski definition) is 0. The minimum absolute atomic E-state index is 0. The van der Waals surface area contributed by atoms with Crippen molar-refractivity contribution in [2.24, 2.45) is 0 Å². The fourth-order valence-corrected chi connectivity index (χ4v) is 1.44. The first-order valence-electron chi connectivity index (χ1n) is 4.33. The molecule has 0 saturated carbocycles. The van der Waals surface area contributed by atoms with Gasteiger partial charge in [0.1, 0.15) is 5.75 Å². The average molecular weight is 258 g/mol. The summed E-state index contributed by atoms with van der Waals surface area (Å²) in [5.74, 6) is 0.220. The zero-order valence-electron chi connectivity index (χ0n) is 9.68. The van der Waals surface area contributed by atoms with Crippen molar-refractivity contribution >= 4 is 12.4 Å². The molecule has 0 fully saturated rings. The summed E-state index contributed by atoms with van der Waals surface area (Å²) in [5, 5.41) is 0. The minimum atomic E-state index is -5.06.